The third kappa shape index (κ3) is 3.61. The van der Waals surface area contributed by atoms with Crippen molar-refractivity contribution < 1.29 is 4.79 Å². The van der Waals surface area contributed by atoms with Crippen molar-refractivity contribution in [2.45, 2.75) is 19.9 Å². The molecule has 4 heteroatoms. The molecule has 0 fully saturated rings. The van der Waals surface area contributed by atoms with Gasteiger partial charge in [-0.25, -0.2) is 4.79 Å². The summed E-state index contributed by atoms with van der Waals surface area (Å²) >= 11 is 0. The number of nitrogens with zero attached hydrogens (tertiary/aromatic N) is 1. The second-order valence-corrected chi connectivity index (χ2v) is 5.19. The highest BCUT2D eigenvalue weighted by Gasteiger charge is 2.13. The van der Waals surface area contributed by atoms with Crippen molar-refractivity contribution >= 4 is 17.4 Å². The van der Waals surface area contributed by atoms with E-state index in [4.69, 9.17) is 5.73 Å². The highest BCUT2D eigenvalue weighted by atomic mass is 16.2. The minimum atomic E-state index is -0.175. The molecule has 2 aromatic rings. The number of aryl methyl sites for hydroxylation is 1. The van der Waals surface area contributed by atoms with Gasteiger partial charge in [0.2, 0.25) is 0 Å². The number of anilines is 2. The van der Waals surface area contributed by atoms with Gasteiger partial charge in [0.25, 0.3) is 0 Å². The molecule has 0 aliphatic rings. The molecular formula is C17H21N3O. The van der Waals surface area contributed by atoms with Gasteiger partial charge in [-0.05, 0) is 43.2 Å². The Hall–Kier alpha value is -2.33. The Morgan fingerprint density at radius 1 is 1.19 bits per heavy atom. The molecule has 1 unspecified atom stereocenters. The fraction of sp³-hybridized carbons (Fsp3) is 0.235. The Morgan fingerprint density at radius 2 is 1.90 bits per heavy atom. The zero-order chi connectivity index (χ0) is 15.4. The number of carbonyl (C=O) groups is 1. The number of amides is 2. The SMILES string of the molecule is Cc1ccccc1N(C)C(=O)Nc1cccc(C(C)N)c1. The molecule has 0 saturated heterocycles. The van der Waals surface area contributed by atoms with Gasteiger partial charge in [-0.2, -0.15) is 0 Å². The summed E-state index contributed by atoms with van der Waals surface area (Å²) in [4.78, 5) is 13.9. The summed E-state index contributed by atoms with van der Waals surface area (Å²) in [5.74, 6) is 0. The van der Waals surface area contributed by atoms with E-state index in [2.05, 4.69) is 5.32 Å². The number of nitrogens with two attached hydrogens (primary N) is 1. The summed E-state index contributed by atoms with van der Waals surface area (Å²) in [5.41, 5.74) is 9.54. The standard InChI is InChI=1S/C17H21N3O/c1-12-7-4-5-10-16(12)20(3)17(21)19-15-9-6-8-14(11-15)13(2)18/h4-11,13H,18H2,1-3H3,(H,19,21). The minimum Gasteiger partial charge on any atom is -0.324 e. The fourth-order valence-electron chi connectivity index (χ4n) is 2.16. The van der Waals surface area contributed by atoms with Gasteiger partial charge in [0.05, 0.1) is 0 Å². The molecule has 21 heavy (non-hydrogen) atoms. The van der Waals surface area contributed by atoms with Gasteiger partial charge >= 0.3 is 6.03 Å². The molecule has 0 aliphatic heterocycles. The summed E-state index contributed by atoms with van der Waals surface area (Å²) in [6.07, 6.45) is 0. The minimum absolute atomic E-state index is 0.0593. The first-order chi connectivity index (χ1) is 9.99. The van der Waals surface area contributed by atoms with Gasteiger partial charge < -0.3 is 11.1 Å². The summed E-state index contributed by atoms with van der Waals surface area (Å²) in [7, 11) is 1.76. The first-order valence-electron chi connectivity index (χ1n) is 6.95. The fourth-order valence-corrected chi connectivity index (χ4v) is 2.16. The molecule has 2 rings (SSSR count). The lowest BCUT2D eigenvalue weighted by atomic mass is 10.1. The van der Waals surface area contributed by atoms with Crippen LogP contribution < -0.4 is 16.0 Å². The summed E-state index contributed by atoms with van der Waals surface area (Å²) in [6, 6.07) is 15.1. The van der Waals surface area contributed by atoms with Crippen molar-refractivity contribution in [3.05, 3.63) is 59.7 Å². The van der Waals surface area contributed by atoms with Crippen LogP contribution in [0, 0.1) is 6.92 Å². The van der Waals surface area contributed by atoms with Crippen molar-refractivity contribution in [1.82, 2.24) is 0 Å². The average molecular weight is 283 g/mol. The van der Waals surface area contributed by atoms with E-state index in [1.807, 2.05) is 62.4 Å². The van der Waals surface area contributed by atoms with Gasteiger partial charge in [-0.15, -0.1) is 0 Å². The molecule has 110 valence electrons. The summed E-state index contributed by atoms with van der Waals surface area (Å²) in [6.45, 7) is 3.90. The van der Waals surface area contributed by atoms with Gasteiger partial charge in [-0.3, -0.25) is 4.90 Å². The highest BCUT2D eigenvalue weighted by Crippen LogP contribution is 2.20. The number of hydrogen-bond donors (Lipinski definition) is 2. The molecule has 4 nitrogen and oxygen atoms in total. The lowest BCUT2D eigenvalue weighted by Crippen LogP contribution is -2.31. The lowest BCUT2D eigenvalue weighted by molar-refractivity contribution is 0.258. The quantitative estimate of drug-likeness (QED) is 0.902. The van der Waals surface area contributed by atoms with Crippen LogP contribution in [0.1, 0.15) is 24.1 Å². The van der Waals surface area contributed by atoms with Crippen molar-refractivity contribution in [3.63, 3.8) is 0 Å². The maximum absolute atomic E-state index is 12.3. The molecule has 0 aliphatic carbocycles. The Morgan fingerprint density at radius 3 is 2.57 bits per heavy atom. The second kappa shape index (κ2) is 6.41. The number of nitrogens with one attached hydrogen (secondary N) is 1. The predicted octanol–water partition coefficient (Wildman–Crippen LogP) is 3.68. The molecular weight excluding hydrogens is 262 g/mol. The van der Waals surface area contributed by atoms with E-state index < -0.39 is 0 Å². The van der Waals surface area contributed by atoms with Crippen LogP contribution in [-0.2, 0) is 0 Å². The van der Waals surface area contributed by atoms with E-state index in [9.17, 15) is 4.79 Å². The van der Waals surface area contributed by atoms with Crippen LogP contribution in [0.3, 0.4) is 0 Å². The Kier molecular flexibility index (Phi) is 4.60. The van der Waals surface area contributed by atoms with E-state index >= 15 is 0 Å². The van der Waals surface area contributed by atoms with E-state index in [0.29, 0.717) is 0 Å². The van der Waals surface area contributed by atoms with E-state index in [0.717, 1.165) is 22.5 Å². The van der Waals surface area contributed by atoms with Crippen LogP contribution in [0.4, 0.5) is 16.2 Å². The van der Waals surface area contributed by atoms with Gasteiger partial charge in [0.1, 0.15) is 0 Å². The van der Waals surface area contributed by atoms with E-state index in [1.165, 1.54) is 0 Å². The van der Waals surface area contributed by atoms with Crippen LogP contribution in [0.2, 0.25) is 0 Å². The zero-order valence-corrected chi connectivity index (χ0v) is 12.6. The second-order valence-electron chi connectivity index (χ2n) is 5.19. The number of benzene rings is 2. The smallest absolute Gasteiger partial charge is 0.324 e. The summed E-state index contributed by atoms with van der Waals surface area (Å²) < 4.78 is 0. The molecule has 0 bridgehead atoms. The van der Waals surface area contributed by atoms with Gasteiger partial charge in [0.15, 0.2) is 0 Å². The Balaban J connectivity index is 2.14. The van der Waals surface area contributed by atoms with Crippen molar-refractivity contribution in [2.75, 3.05) is 17.3 Å². The van der Waals surface area contributed by atoms with E-state index in [-0.39, 0.29) is 12.1 Å². The molecule has 0 aromatic heterocycles. The molecule has 2 amide bonds. The molecule has 0 spiro atoms. The number of para-hydroxylation sites is 1. The first kappa shape index (κ1) is 15.1. The predicted molar refractivity (Wildman–Crippen MR) is 87.6 cm³/mol. The molecule has 0 heterocycles. The normalized spacial score (nSPS) is 11.8. The average Bonchev–Trinajstić information content (AvgIpc) is 2.47. The topological polar surface area (TPSA) is 58.4 Å². The molecule has 3 N–H and O–H groups in total. The zero-order valence-electron chi connectivity index (χ0n) is 12.6. The van der Waals surface area contributed by atoms with E-state index in [1.54, 1.807) is 11.9 Å². The number of urea groups is 1. The largest absolute Gasteiger partial charge is 0.326 e. The Labute approximate surface area is 125 Å². The van der Waals surface area contributed by atoms with Crippen LogP contribution in [-0.4, -0.2) is 13.1 Å². The van der Waals surface area contributed by atoms with Crippen LogP contribution in [0.25, 0.3) is 0 Å². The van der Waals surface area contributed by atoms with Gasteiger partial charge in [-0.1, -0.05) is 30.3 Å². The van der Waals surface area contributed by atoms with Crippen molar-refractivity contribution in [2.24, 2.45) is 5.73 Å². The monoisotopic (exact) mass is 283 g/mol. The lowest BCUT2D eigenvalue weighted by Gasteiger charge is -2.20. The van der Waals surface area contributed by atoms with Crippen LogP contribution in [0.15, 0.2) is 48.5 Å². The molecule has 2 aromatic carbocycles. The number of carbonyl (C=O) groups excluding carboxylic acids is 1. The molecule has 0 saturated carbocycles. The summed E-state index contributed by atoms with van der Waals surface area (Å²) in [5, 5.41) is 2.89. The Bertz CT molecular complexity index is 637. The van der Waals surface area contributed by atoms with Gasteiger partial charge in [0, 0.05) is 24.5 Å². The van der Waals surface area contributed by atoms with Crippen LogP contribution >= 0.6 is 0 Å². The van der Waals surface area contributed by atoms with Crippen LogP contribution in [0.5, 0.6) is 0 Å². The molecule has 1 atom stereocenters. The third-order valence-corrected chi connectivity index (χ3v) is 3.45. The number of rotatable bonds is 3. The molecule has 0 radical (unpaired) electrons. The number of hydrogen-bond acceptors (Lipinski definition) is 2. The highest BCUT2D eigenvalue weighted by molar-refractivity contribution is 6.01. The van der Waals surface area contributed by atoms with Crippen molar-refractivity contribution in [1.29, 1.82) is 0 Å². The maximum Gasteiger partial charge on any atom is 0.326 e. The maximum atomic E-state index is 12.3. The first-order valence-corrected chi connectivity index (χ1v) is 6.95. The van der Waals surface area contributed by atoms with Crippen molar-refractivity contribution in [3.8, 4) is 0 Å². The third-order valence-electron chi connectivity index (χ3n) is 3.45.